The Hall–Kier alpha value is -0.120. The third kappa shape index (κ3) is 6.28. The van der Waals surface area contributed by atoms with Crippen LogP contribution in [0.3, 0.4) is 0 Å². The lowest BCUT2D eigenvalue weighted by Crippen LogP contribution is -2.32. The van der Waals surface area contributed by atoms with E-state index in [1.807, 2.05) is 0 Å². The number of rotatable bonds is 6. The molecule has 3 nitrogen and oxygen atoms in total. The van der Waals surface area contributed by atoms with Gasteiger partial charge < -0.3 is 16.6 Å². The molecule has 5 N–H and O–H groups in total. The molecule has 0 aliphatic heterocycles. The van der Waals surface area contributed by atoms with Gasteiger partial charge in [0.15, 0.2) is 0 Å². The topological polar surface area (TPSA) is 72.3 Å². The average molecular weight is 160 g/mol. The number of unbranched alkanes of at least 4 members (excludes halogenated alkanes) is 2. The number of aliphatic hydroxyl groups excluding tert-OH is 1. The second-order valence-electron chi connectivity index (χ2n) is 3.04. The summed E-state index contributed by atoms with van der Waals surface area (Å²) in [7, 11) is 0. The van der Waals surface area contributed by atoms with Crippen LogP contribution in [-0.4, -0.2) is 23.8 Å². The predicted octanol–water partition coefficient (Wildman–Crippen LogP) is 0.214. The molecular formula is C8H20N2O. The van der Waals surface area contributed by atoms with E-state index in [9.17, 15) is 0 Å². The zero-order chi connectivity index (χ0) is 8.69. The first kappa shape index (κ1) is 10.9. The fourth-order valence-corrected chi connectivity index (χ4v) is 0.942. The first-order chi connectivity index (χ1) is 5.18. The molecule has 0 aliphatic carbocycles. The molecule has 0 spiro atoms. The third-order valence-electron chi connectivity index (χ3n) is 1.86. The quantitative estimate of drug-likeness (QED) is 0.486. The van der Waals surface area contributed by atoms with E-state index in [0.29, 0.717) is 0 Å². The number of hydrogen-bond donors (Lipinski definition) is 3. The van der Waals surface area contributed by atoms with Crippen molar-refractivity contribution in [2.45, 2.75) is 44.8 Å². The fourth-order valence-electron chi connectivity index (χ4n) is 0.942. The Morgan fingerprint density at radius 3 is 2.36 bits per heavy atom. The lowest BCUT2D eigenvalue weighted by Gasteiger charge is -2.13. The Kier molecular flexibility index (Phi) is 6.51. The van der Waals surface area contributed by atoms with Gasteiger partial charge in [-0.3, -0.25) is 0 Å². The Morgan fingerprint density at radius 2 is 1.91 bits per heavy atom. The summed E-state index contributed by atoms with van der Waals surface area (Å²) in [5.41, 5.74) is 10.9. The van der Waals surface area contributed by atoms with Crippen LogP contribution in [0.4, 0.5) is 0 Å². The predicted molar refractivity (Wildman–Crippen MR) is 47.2 cm³/mol. The van der Waals surface area contributed by atoms with Gasteiger partial charge in [0.05, 0.1) is 6.10 Å². The van der Waals surface area contributed by atoms with Crippen LogP contribution in [0.2, 0.25) is 0 Å². The van der Waals surface area contributed by atoms with E-state index in [4.69, 9.17) is 16.6 Å². The van der Waals surface area contributed by atoms with Crippen molar-refractivity contribution in [1.29, 1.82) is 0 Å². The number of aliphatic hydroxyl groups is 1. The molecule has 0 fully saturated rings. The SMILES string of the molecule is CC(O)C(N)CCCCCN. The molecule has 0 aromatic carbocycles. The Morgan fingerprint density at radius 1 is 1.27 bits per heavy atom. The van der Waals surface area contributed by atoms with Gasteiger partial charge in [-0.1, -0.05) is 12.8 Å². The van der Waals surface area contributed by atoms with Crippen LogP contribution in [0, 0.1) is 0 Å². The van der Waals surface area contributed by atoms with Crippen LogP contribution in [0.5, 0.6) is 0 Å². The molecule has 0 saturated carbocycles. The summed E-state index contributed by atoms with van der Waals surface area (Å²) in [6.45, 7) is 2.48. The van der Waals surface area contributed by atoms with Crippen molar-refractivity contribution in [1.82, 2.24) is 0 Å². The van der Waals surface area contributed by atoms with E-state index in [1.54, 1.807) is 6.92 Å². The summed E-state index contributed by atoms with van der Waals surface area (Å²) in [4.78, 5) is 0. The van der Waals surface area contributed by atoms with Crippen LogP contribution in [-0.2, 0) is 0 Å². The Bertz CT molecular complexity index is 86.2. The van der Waals surface area contributed by atoms with Crippen molar-refractivity contribution in [2.24, 2.45) is 11.5 Å². The normalized spacial score (nSPS) is 16.4. The number of nitrogens with two attached hydrogens (primary N) is 2. The lowest BCUT2D eigenvalue weighted by atomic mass is 10.1. The maximum absolute atomic E-state index is 9.03. The molecule has 0 bridgehead atoms. The molecule has 11 heavy (non-hydrogen) atoms. The van der Waals surface area contributed by atoms with Crippen LogP contribution in [0.25, 0.3) is 0 Å². The van der Waals surface area contributed by atoms with Gasteiger partial charge in [0, 0.05) is 6.04 Å². The van der Waals surface area contributed by atoms with Crippen LogP contribution >= 0.6 is 0 Å². The Labute approximate surface area is 68.8 Å². The maximum atomic E-state index is 9.03. The first-order valence-corrected chi connectivity index (χ1v) is 4.32. The van der Waals surface area contributed by atoms with Crippen molar-refractivity contribution in [3.05, 3.63) is 0 Å². The van der Waals surface area contributed by atoms with Crippen LogP contribution < -0.4 is 11.5 Å². The van der Waals surface area contributed by atoms with Crippen LogP contribution in [0.15, 0.2) is 0 Å². The maximum Gasteiger partial charge on any atom is 0.0662 e. The van der Waals surface area contributed by atoms with Crippen LogP contribution in [0.1, 0.15) is 32.6 Å². The highest BCUT2D eigenvalue weighted by Gasteiger charge is 2.07. The molecular weight excluding hydrogens is 140 g/mol. The summed E-state index contributed by atoms with van der Waals surface area (Å²) in [6, 6.07) is -0.0622. The first-order valence-electron chi connectivity index (χ1n) is 4.32. The summed E-state index contributed by atoms with van der Waals surface area (Å²) >= 11 is 0. The van der Waals surface area contributed by atoms with Gasteiger partial charge in [0.2, 0.25) is 0 Å². The molecule has 0 aliphatic rings. The molecule has 0 amide bonds. The van der Waals surface area contributed by atoms with Crippen molar-refractivity contribution in [3.63, 3.8) is 0 Å². The van der Waals surface area contributed by atoms with E-state index < -0.39 is 0 Å². The minimum atomic E-state index is -0.382. The van der Waals surface area contributed by atoms with E-state index in [2.05, 4.69) is 0 Å². The average Bonchev–Trinajstić information content (AvgIpc) is 1.97. The molecule has 0 radical (unpaired) electrons. The van der Waals surface area contributed by atoms with Gasteiger partial charge in [-0.05, 0) is 26.3 Å². The van der Waals surface area contributed by atoms with E-state index >= 15 is 0 Å². The van der Waals surface area contributed by atoms with Crippen molar-refractivity contribution < 1.29 is 5.11 Å². The van der Waals surface area contributed by atoms with Gasteiger partial charge in [0.25, 0.3) is 0 Å². The molecule has 2 atom stereocenters. The standard InChI is InChI=1S/C8H20N2O/c1-7(11)8(10)5-3-2-4-6-9/h7-8,11H,2-6,9-10H2,1H3. The summed E-state index contributed by atoms with van der Waals surface area (Å²) in [5.74, 6) is 0. The summed E-state index contributed by atoms with van der Waals surface area (Å²) in [5, 5.41) is 9.03. The molecule has 3 heteroatoms. The minimum Gasteiger partial charge on any atom is -0.392 e. The minimum absolute atomic E-state index is 0.0622. The fraction of sp³-hybridized carbons (Fsp3) is 1.00. The zero-order valence-electron chi connectivity index (χ0n) is 7.29. The van der Waals surface area contributed by atoms with Crippen molar-refractivity contribution in [2.75, 3.05) is 6.54 Å². The highest BCUT2D eigenvalue weighted by Crippen LogP contribution is 2.03. The third-order valence-corrected chi connectivity index (χ3v) is 1.86. The largest absolute Gasteiger partial charge is 0.392 e. The van der Waals surface area contributed by atoms with Gasteiger partial charge >= 0.3 is 0 Å². The van der Waals surface area contributed by atoms with Gasteiger partial charge in [0.1, 0.15) is 0 Å². The molecule has 0 aromatic rings. The summed E-state index contributed by atoms with van der Waals surface area (Å²) in [6.07, 6.45) is 3.78. The van der Waals surface area contributed by atoms with Crippen molar-refractivity contribution >= 4 is 0 Å². The van der Waals surface area contributed by atoms with E-state index in [-0.39, 0.29) is 12.1 Å². The monoisotopic (exact) mass is 160 g/mol. The molecule has 68 valence electrons. The van der Waals surface area contributed by atoms with Crippen molar-refractivity contribution in [3.8, 4) is 0 Å². The second-order valence-corrected chi connectivity index (χ2v) is 3.04. The summed E-state index contributed by atoms with van der Waals surface area (Å²) < 4.78 is 0. The zero-order valence-corrected chi connectivity index (χ0v) is 7.29. The second kappa shape index (κ2) is 6.58. The van der Waals surface area contributed by atoms with E-state index in [0.717, 1.165) is 32.2 Å². The van der Waals surface area contributed by atoms with E-state index in [1.165, 1.54) is 0 Å². The Balaban J connectivity index is 3.10. The lowest BCUT2D eigenvalue weighted by molar-refractivity contribution is 0.157. The molecule has 0 aromatic heterocycles. The van der Waals surface area contributed by atoms with Gasteiger partial charge in [-0.2, -0.15) is 0 Å². The molecule has 0 heterocycles. The highest BCUT2D eigenvalue weighted by molar-refractivity contribution is 4.66. The molecule has 2 unspecified atom stereocenters. The molecule has 0 rings (SSSR count). The molecule has 0 saturated heterocycles. The van der Waals surface area contributed by atoms with Gasteiger partial charge in [-0.15, -0.1) is 0 Å². The highest BCUT2D eigenvalue weighted by atomic mass is 16.3. The number of hydrogen-bond acceptors (Lipinski definition) is 3. The van der Waals surface area contributed by atoms with Gasteiger partial charge in [-0.25, -0.2) is 0 Å². The smallest absolute Gasteiger partial charge is 0.0662 e.